The average molecular weight is 217 g/mol. The minimum absolute atomic E-state index is 0.0535. The number of aromatic nitrogens is 1. The van der Waals surface area contributed by atoms with E-state index in [-0.39, 0.29) is 5.41 Å². The molecule has 1 heterocycles. The molecule has 0 bridgehead atoms. The summed E-state index contributed by atoms with van der Waals surface area (Å²) in [7, 11) is 0. The zero-order chi connectivity index (χ0) is 11.7. The Morgan fingerprint density at radius 3 is 2.69 bits per heavy atom. The molecule has 0 amide bonds. The van der Waals surface area contributed by atoms with Crippen molar-refractivity contribution in [1.29, 1.82) is 0 Å². The quantitative estimate of drug-likeness (QED) is 0.724. The Balaban J connectivity index is 2.13. The lowest BCUT2D eigenvalue weighted by Crippen LogP contribution is -2.25. The van der Waals surface area contributed by atoms with E-state index in [0.717, 1.165) is 17.8 Å². The van der Waals surface area contributed by atoms with Crippen molar-refractivity contribution in [2.24, 2.45) is 5.92 Å². The van der Waals surface area contributed by atoms with Crippen molar-refractivity contribution in [1.82, 2.24) is 4.98 Å². The molecule has 2 aliphatic rings. The Morgan fingerprint density at radius 2 is 2.06 bits per heavy atom. The van der Waals surface area contributed by atoms with Crippen LogP contribution in [0.2, 0.25) is 0 Å². The van der Waals surface area contributed by atoms with Crippen LogP contribution in [0.1, 0.15) is 57.0 Å². The summed E-state index contributed by atoms with van der Waals surface area (Å²) in [6, 6.07) is 4.30. The Morgan fingerprint density at radius 1 is 1.38 bits per heavy atom. The molecular formula is C14H19NO. The summed E-state index contributed by atoms with van der Waals surface area (Å²) in [4.78, 5) is 4.71. The fourth-order valence-corrected chi connectivity index (χ4v) is 2.93. The first-order chi connectivity index (χ1) is 7.32. The molecule has 1 aromatic rings. The van der Waals surface area contributed by atoms with Crippen molar-refractivity contribution in [3.05, 3.63) is 29.1 Å². The molecule has 0 aromatic carbocycles. The molecule has 0 saturated heterocycles. The molecule has 3 rings (SSSR count). The second-order valence-corrected chi connectivity index (χ2v) is 6.48. The maximum absolute atomic E-state index is 10.5. The van der Waals surface area contributed by atoms with Crippen molar-refractivity contribution < 1.29 is 5.11 Å². The number of hydrogen-bond acceptors (Lipinski definition) is 2. The molecule has 2 heteroatoms. The molecule has 1 saturated carbocycles. The van der Waals surface area contributed by atoms with Crippen LogP contribution in [-0.2, 0) is 11.0 Å². The van der Waals surface area contributed by atoms with Crippen LogP contribution in [0.15, 0.2) is 12.1 Å². The molecule has 86 valence electrons. The van der Waals surface area contributed by atoms with Crippen LogP contribution >= 0.6 is 0 Å². The fourth-order valence-electron chi connectivity index (χ4n) is 2.93. The lowest BCUT2D eigenvalue weighted by atomic mass is 9.90. The van der Waals surface area contributed by atoms with Gasteiger partial charge in [-0.05, 0) is 30.9 Å². The first-order valence-electron chi connectivity index (χ1n) is 6.06. The van der Waals surface area contributed by atoms with Crippen molar-refractivity contribution in [3.63, 3.8) is 0 Å². The highest BCUT2D eigenvalue weighted by molar-refractivity contribution is 5.44. The van der Waals surface area contributed by atoms with E-state index in [2.05, 4.69) is 32.9 Å². The van der Waals surface area contributed by atoms with Crippen molar-refractivity contribution in [3.8, 4) is 0 Å². The van der Waals surface area contributed by atoms with Crippen LogP contribution in [0.4, 0.5) is 0 Å². The van der Waals surface area contributed by atoms with Gasteiger partial charge in [-0.25, -0.2) is 0 Å². The third kappa shape index (κ3) is 1.20. The molecule has 1 aromatic heterocycles. The van der Waals surface area contributed by atoms with Gasteiger partial charge in [-0.1, -0.05) is 26.8 Å². The molecule has 1 N–H and O–H groups in total. The maximum atomic E-state index is 10.5. The van der Waals surface area contributed by atoms with E-state index < -0.39 is 5.60 Å². The Kier molecular flexibility index (Phi) is 1.72. The zero-order valence-corrected chi connectivity index (χ0v) is 10.4. The van der Waals surface area contributed by atoms with Gasteiger partial charge in [0.1, 0.15) is 5.60 Å². The third-order valence-corrected chi connectivity index (χ3v) is 4.09. The van der Waals surface area contributed by atoms with E-state index in [1.165, 1.54) is 5.56 Å². The van der Waals surface area contributed by atoms with Crippen LogP contribution in [0.3, 0.4) is 0 Å². The van der Waals surface area contributed by atoms with E-state index in [1.807, 2.05) is 6.92 Å². The van der Waals surface area contributed by atoms with E-state index >= 15 is 0 Å². The predicted octanol–water partition coefficient (Wildman–Crippen LogP) is 2.70. The minimum Gasteiger partial charge on any atom is -0.384 e. The van der Waals surface area contributed by atoms with Gasteiger partial charge in [-0.15, -0.1) is 0 Å². The molecule has 3 atom stereocenters. The SMILES string of the molecule is CC(C)(C)c1ccc2c(n1)C(C)(O)C1CC21. The monoisotopic (exact) mass is 217 g/mol. The number of hydrogen-bond donors (Lipinski definition) is 1. The standard InChI is InChI=1S/C14H19NO/c1-13(2,3)11-6-5-8-9-7-10(9)14(4,16)12(8)15-11/h5-6,9-10,16H,7H2,1-4H3. The van der Waals surface area contributed by atoms with E-state index in [4.69, 9.17) is 4.98 Å². The van der Waals surface area contributed by atoms with Gasteiger partial charge in [0.2, 0.25) is 0 Å². The summed E-state index contributed by atoms with van der Waals surface area (Å²) in [5.41, 5.74) is 2.65. The minimum atomic E-state index is -0.693. The molecular weight excluding hydrogens is 198 g/mol. The van der Waals surface area contributed by atoms with E-state index in [1.54, 1.807) is 0 Å². The average Bonchev–Trinajstić information content (AvgIpc) is 2.91. The van der Waals surface area contributed by atoms with E-state index in [9.17, 15) is 5.11 Å². The summed E-state index contributed by atoms with van der Waals surface area (Å²) in [6.07, 6.45) is 1.14. The van der Waals surface area contributed by atoms with Crippen LogP contribution < -0.4 is 0 Å². The summed E-state index contributed by atoms with van der Waals surface area (Å²) in [5.74, 6) is 0.997. The summed E-state index contributed by atoms with van der Waals surface area (Å²) >= 11 is 0. The molecule has 0 aliphatic heterocycles. The third-order valence-electron chi connectivity index (χ3n) is 4.09. The van der Waals surface area contributed by atoms with Crippen LogP contribution in [0.25, 0.3) is 0 Å². The number of rotatable bonds is 0. The number of nitrogens with zero attached hydrogens (tertiary/aromatic N) is 1. The van der Waals surface area contributed by atoms with Gasteiger partial charge in [0, 0.05) is 17.0 Å². The number of pyridine rings is 1. The number of aliphatic hydroxyl groups is 1. The highest BCUT2D eigenvalue weighted by Crippen LogP contribution is 2.63. The molecule has 2 nitrogen and oxygen atoms in total. The predicted molar refractivity (Wildman–Crippen MR) is 63.4 cm³/mol. The second kappa shape index (κ2) is 2.67. The zero-order valence-electron chi connectivity index (χ0n) is 10.4. The van der Waals surface area contributed by atoms with Crippen LogP contribution in [0.5, 0.6) is 0 Å². The Hall–Kier alpha value is -0.890. The summed E-state index contributed by atoms with van der Waals surface area (Å²) < 4.78 is 0. The largest absolute Gasteiger partial charge is 0.384 e. The molecule has 2 aliphatic carbocycles. The fraction of sp³-hybridized carbons (Fsp3) is 0.643. The highest BCUT2D eigenvalue weighted by Gasteiger charge is 2.59. The van der Waals surface area contributed by atoms with Crippen molar-refractivity contribution in [2.75, 3.05) is 0 Å². The van der Waals surface area contributed by atoms with Crippen LogP contribution in [0, 0.1) is 5.92 Å². The summed E-state index contributed by atoms with van der Waals surface area (Å²) in [5, 5.41) is 10.5. The van der Waals surface area contributed by atoms with Crippen molar-refractivity contribution >= 4 is 0 Å². The normalized spacial score (nSPS) is 35.8. The molecule has 0 radical (unpaired) electrons. The first kappa shape index (κ1) is 10.3. The van der Waals surface area contributed by atoms with Gasteiger partial charge in [0.15, 0.2) is 0 Å². The van der Waals surface area contributed by atoms with Gasteiger partial charge in [-0.2, -0.15) is 0 Å². The summed E-state index contributed by atoms with van der Waals surface area (Å²) in [6.45, 7) is 8.40. The lowest BCUT2D eigenvalue weighted by Gasteiger charge is -2.24. The highest BCUT2D eigenvalue weighted by atomic mass is 16.3. The Bertz CT molecular complexity index is 456. The van der Waals surface area contributed by atoms with Gasteiger partial charge in [0.25, 0.3) is 0 Å². The number of fused-ring (bicyclic) bond motifs is 3. The smallest absolute Gasteiger partial charge is 0.107 e. The lowest BCUT2D eigenvalue weighted by molar-refractivity contribution is 0.0348. The Labute approximate surface area is 96.7 Å². The topological polar surface area (TPSA) is 33.1 Å². The molecule has 0 spiro atoms. The van der Waals surface area contributed by atoms with Crippen molar-refractivity contribution in [2.45, 2.75) is 51.0 Å². The van der Waals surface area contributed by atoms with E-state index in [0.29, 0.717) is 11.8 Å². The first-order valence-corrected chi connectivity index (χ1v) is 6.06. The van der Waals surface area contributed by atoms with Gasteiger partial charge in [-0.3, -0.25) is 4.98 Å². The maximum Gasteiger partial charge on any atom is 0.107 e. The van der Waals surface area contributed by atoms with Gasteiger partial charge in [0.05, 0.1) is 5.69 Å². The molecule has 3 unspecified atom stereocenters. The van der Waals surface area contributed by atoms with Gasteiger partial charge >= 0.3 is 0 Å². The molecule has 16 heavy (non-hydrogen) atoms. The van der Waals surface area contributed by atoms with Crippen LogP contribution in [-0.4, -0.2) is 10.1 Å². The molecule has 1 fully saturated rings. The second-order valence-electron chi connectivity index (χ2n) is 6.48. The van der Waals surface area contributed by atoms with Gasteiger partial charge < -0.3 is 5.11 Å².